The maximum Gasteiger partial charge on any atom is 0.309 e. The van der Waals surface area contributed by atoms with Crippen LogP contribution in [0.1, 0.15) is 37.3 Å². The Labute approximate surface area is 120 Å². The summed E-state index contributed by atoms with van der Waals surface area (Å²) in [7, 11) is 1.69. The molecule has 0 radical (unpaired) electrons. The molecule has 0 amide bonds. The van der Waals surface area contributed by atoms with Crippen LogP contribution in [0.5, 0.6) is 5.75 Å². The summed E-state index contributed by atoms with van der Waals surface area (Å²) in [6, 6.07) is 6.22. The van der Waals surface area contributed by atoms with E-state index >= 15 is 0 Å². The van der Waals surface area contributed by atoms with Gasteiger partial charge in [-0.05, 0) is 67.7 Å². The molecule has 2 aliphatic carbocycles. The second kappa shape index (κ2) is 4.80. The highest BCUT2D eigenvalue weighted by Crippen LogP contribution is 2.50. The molecule has 0 aromatic heterocycles. The van der Waals surface area contributed by atoms with Crippen LogP contribution in [0.4, 0.5) is 0 Å². The van der Waals surface area contributed by atoms with Crippen LogP contribution in [0.25, 0.3) is 0 Å². The van der Waals surface area contributed by atoms with Gasteiger partial charge >= 0.3 is 5.97 Å². The Bertz CT molecular complexity index is 537. The fraction of sp³-hybridized carbons (Fsp3) is 0.588. The lowest BCUT2D eigenvalue weighted by Crippen LogP contribution is -2.46. The molecule has 0 aliphatic heterocycles. The minimum Gasteiger partial charge on any atom is -0.497 e. The molecule has 1 aromatic carbocycles. The molecule has 0 unspecified atom stereocenters. The monoisotopic (exact) mass is 274 g/mol. The van der Waals surface area contributed by atoms with Crippen LogP contribution in [-0.4, -0.2) is 18.2 Å². The number of benzene rings is 1. The van der Waals surface area contributed by atoms with E-state index in [-0.39, 0.29) is 5.92 Å². The van der Waals surface area contributed by atoms with Crippen LogP contribution in [0.2, 0.25) is 0 Å². The lowest BCUT2D eigenvalue weighted by molar-refractivity contribution is -0.156. The lowest BCUT2D eigenvalue weighted by Gasteiger charge is -2.46. The highest BCUT2D eigenvalue weighted by Gasteiger charge is 2.48. The lowest BCUT2D eigenvalue weighted by atomic mass is 9.57. The van der Waals surface area contributed by atoms with E-state index in [1.807, 2.05) is 13.0 Å². The highest BCUT2D eigenvalue weighted by molar-refractivity contribution is 5.75. The first-order chi connectivity index (χ1) is 9.54. The molecule has 2 aliphatic rings. The molecule has 108 valence electrons. The summed E-state index contributed by atoms with van der Waals surface area (Å²) in [5.74, 6) is 1.06. The third-order valence-corrected chi connectivity index (χ3v) is 5.48. The van der Waals surface area contributed by atoms with Crippen molar-refractivity contribution in [3.05, 3.63) is 29.3 Å². The molecule has 1 saturated carbocycles. The number of methoxy groups -OCH3 is 1. The van der Waals surface area contributed by atoms with Crippen LogP contribution in [0.15, 0.2) is 18.2 Å². The molecule has 1 N–H and O–H groups in total. The van der Waals surface area contributed by atoms with Crippen molar-refractivity contribution in [2.45, 2.75) is 39.0 Å². The minimum atomic E-state index is -0.621. The molecule has 3 heteroatoms. The molecule has 3 atom stereocenters. The molecule has 3 rings (SSSR count). The largest absolute Gasteiger partial charge is 0.497 e. The van der Waals surface area contributed by atoms with Crippen LogP contribution < -0.4 is 4.74 Å². The van der Waals surface area contributed by atoms with Gasteiger partial charge in [-0.1, -0.05) is 12.5 Å². The number of rotatable bonds is 2. The van der Waals surface area contributed by atoms with Gasteiger partial charge in [0.05, 0.1) is 12.5 Å². The summed E-state index contributed by atoms with van der Waals surface area (Å²) in [5, 5.41) is 9.65. The summed E-state index contributed by atoms with van der Waals surface area (Å²) in [4.78, 5) is 11.7. The van der Waals surface area contributed by atoms with Gasteiger partial charge in [0.25, 0.3) is 0 Å². The van der Waals surface area contributed by atoms with Crippen LogP contribution in [-0.2, 0) is 17.6 Å². The Morgan fingerprint density at radius 1 is 1.35 bits per heavy atom. The Morgan fingerprint density at radius 3 is 2.85 bits per heavy atom. The van der Waals surface area contributed by atoms with Crippen LogP contribution >= 0.6 is 0 Å². The van der Waals surface area contributed by atoms with Crippen LogP contribution in [0.3, 0.4) is 0 Å². The molecule has 1 aromatic rings. The highest BCUT2D eigenvalue weighted by atomic mass is 16.5. The van der Waals surface area contributed by atoms with Gasteiger partial charge in [0, 0.05) is 0 Å². The minimum absolute atomic E-state index is 0.273. The van der Waals surface area contributed by atoms with Crippen molar-refractivity contribution in [1.82, 2.24) is 0 Å². The molecule has 20 heavy (non-hydrogen) atoms. The topological polar surface area (TPSA) is 46.5 Å². The van der Waals surface area contributed by atoms with E-state index in [0.717, 1.165) is 37.9 Å². The van der Waals surface area contributed by atoms with Gasteiger partial charge < -0.3 is 9.84 Å². The zero-order chi connectivity index (χ0) is 14.3. The molecule has 3 nitrogen and oxygen atoms in total. The third-order valence-electron chi connectivity index (χ3n) is 5.48. The van der Waals surface area contributed by atoms with Gasteiger partial charge in [-0.25, -0.2) is 0 Å². The van der Waals surface area contributed by atoms with Gasteiger partial charge in [-0.3, -0.25) is 4.79 Å². The van der Waals surface area contributed by atoms with Crippen molar-refractivity contribution in [2.24, 2.45) is 17.3 Å². The first kappa shape index (κ1) is 13.5. The average molecular weight is 274 g/mol. The molecular formula is C17H22O3. The first-order valence-corrected chi connectivity index (χ1v) is 7.44. The van der Waals surface area contributed by atoms with E-state index in [1.54, 1.807) is 7.11 Å². The fourth-order valence-electron chi connectivity index (χ4n) is 4.18. The predicted molar refractivity (Wildman–Crippen MR) is 77.0 cm³/mol. The number of hydrogen-bond donors (Lipinski definition) is 1. The number of aliphatic carboxylic acids is 1. The summed E-state index contributed by atoms with van der Waals surface area (Å²) in [6.07, 6.45) is 4.90. The maximum atomic E-state index is 11.7. The van der Waals surface area contributed by atoms with Crippen LogP contribution in [0, 0.1) is 17.3 Å². The standard InChI is InChI=1S/C17H22O3/c1-17(16(18)19)7-3-4-12-8-13-9-14(20-2)6-5-11(13)10-15(12)17/h5-6,9,12,15H,3-4,7-8,10H2,1-2H3,(H,18,19)/t12-,15-,17-/m1/s1. The molecule has 0 saturated heterocycles. The Hall–Kier alpha value is -1.51. The third kappa shape index (κ3) is 2.00. The molecule has 1 fully saturated rings. The van der Waals surface area contributed by atoms with Crippen molar-refractivity contribution in [2.75, 3.05) is 7.11 Å². The normalized spacial score (nSPS) is 32.1. The van der Waals surface area contributed by atoms with Crippen molar-refractivity contribution in [1.29, 1.82) is 0 Å². The van der Waals surface area contributed by atoms with Crippen molar-refractivity contribution in [3.8, 4) is 5.75 Å². The van der Waals surface area contributed by atoms with Gasteiger partial charge in [0.15, 0.2) is 0 Å². The summed E-state index contributed by atoms with van der Waals surface area (Å²) >= 11 is 0. The average Bonchev–Trinajstić information content (AvgIpc) is 2.45. The summed E-state index contributed by atoms with van der Waals surface area (Å²) < 4.78 is 5.30. The fourth-order valence-corrected chi connectivity index (χ4v) is 4.18. The molecule has 0 bridgehead atoms. The predicted octanol–water partition coefficient (Wildman–Crippen LogP) is 3.30. The Balaban J connectivity index is 1.95. The van der Waals surface area contributed by atoms with Crippen molar-refractivity contribution < 1.29 is 14.6 Å². The van der Waals surface area contributed by atoms with E-state index in [1.165, 1.54) is 11.1 Å². The Kier molecular flexibility index (Phi) is 3.23. The first-order valence-electron chi connectivity index (χ1n) is 7.44. The Morgan fingerprint density at radius 2 is 2.15 bits per heavy atom. The summed E-state index contributed by atoms with van der Waals surface area (Å²) in [6.45, 7) is 1.95. The number of ether oxygens (including phenoxy) is 1. The molecular weight excluding hydrogens is 252 g/mol. The number of hydrogen-bond acceptors (Lipinski definition) is 2. The number of carbonyl (C=O) groups is 1. The zero-order valence-corrected chi connectivity index (χ0v) is 12.2. The van der Waals surface area contributed by atoms with E-state index in [9.17, 15) is 9.90 Å². The number of carboxylic acids is 1. The second-order valence-corrected chi connectivity index (χ2v) is 6.52. The number of fused-ring (bicyclic) bond motifs is 2. The zero-order valence-electron chi connectivity index (χ0n) is 12.2. The van der Waals surface area contributed by atoms with Gasteiger partial charge in [-0.2, -0.15) is 0 Å². The van der Waals surface area contributed by atoms with E-state index in [2.05, 4.69) is 12.1 Å². The van der Waals surface area contributed by atoms with Crippen molar-refractivity contribution >= 4 is 5.97 Å². The summed E-state index contributed by atoms with van der Waals surface area (Å²) in [5.41, 5.74) is 2.10. The second-order valence-electron chi connectivity index (χ2n) is 6.52. The SMILES string of the molecule is COc1ccc2c(c1)C[C@H]1CCC[C@@](C)(C(=O)O)[C@@H]1C2. The quantitative estimate of drug-likeness (QED) is 0.900. The maximum absolute atomic E-state index is 11.7. The van der Waals surface area contributed by atoms with Gasteiger partial charge in [-0.15, -0.1) is 0 Å². The molecule has 0 heterocycles. The van der Waals surface area contributed by atoms with E-state index in [0.29, 0.717) is 5.92 Å². The molecule has 0 spiro atoms. The van der Waals surface area contributed by atoms with E-state index in [4.69, 9.17) is 4.74 Å². The number of carboxylic acid groups (broad SMARTS) is 1. The smallest absolute Gasteiger partial charge is 0.309 e. The van der Waals surface area contributed by atoms with Crippen molar-refractivity contribution in [3.63, 3.8) is 0 Å². The van der Waals surface area contributed by atoms with E-state index < -0.39 is 11.4 Å². The van der Waals surface area contributed by atoms with Gasteiger partial charge in [0.2, 0.25) is 0 Å². The van der Waals surface area contributed by atoms with Gasteiger partial charge in [0.1, 0.15) is 5.75 Å².